The van der Waals surface area contributed by atoms with Gasteiger partial charge >= 0.3 is 0 Å². The Hall–Kier alpha value is -3.08. The number of benzene rings is 3. The van der Waals surface area contributed by atoms with Crippen LogP contribution in [0.2, 0.25) is 0 Å². The van der Waals surface area contributed by atoms with Gasteiger partial charge in [0.15, 0.2) is 0 Å². The molecule has 1 aliphatic rings. The summed E-state index contributed by atoms with van der Waals surface area (Å²) < 4.78 is 43.0. The largest absolute Gasteiger partial charge is 0.327 e. The Morgan fingerprint density at radius 1 is 0.778 bits per heavy atom. The maximum absolute atomic E-state index is 14.6. The summed E-state index contributed by atoms with van der Waals surface area (Å²) in [4.78, 5) is 14.4. The molecule has 1 atom stereocenters. The van der Waals surface area contributed by atoms with Crippen LogP contribution in [-0.2, 0) is 6.42 Å². The fourth-order valence-corrected chi connectivity index (χ4v) is 3.66. The second kappa shape index (κ2) is 6.91. The van der Waals surface area contributed by atoms with Crippen molar-refractivity contribution in [3.8, 4) is 0 Å². The molecule has 5 heteroatoms. The second-order valence-electron chi connectivity index (χ2n) is 6.47. The molecule has 0 spiro atoms. The lowest BCUT2D eigenvalue weighted by atomic mass is 9.87. The lowest BCUT2D eigenvalue weighted by Gasteiger charge is -2.38. The van der Waals surface area contributed by atoms with Crippen LogP contribution in [0.5, 0.6) is 0 Å². The van der Waals surface area contributed by atoms with E-state index in [1.165, 1.54) is 17.0 Å². The Balaban J connectivity index is 1.87. The van der Waals surface area contributed by atoms with Crippen LogP contribution < -0.4 is 0 Å². The van der Waals surface area contributed by atoms with Crippen molar-refractivity contribution in [3.05, 3.63) is 106 Å². The van der Waals surface area contributed by atoms with Gasteiger partial charge in [-0.2, -0.15) is 0 Å². The van der Waals surface area contributed by atoms with Crippen LogP contribution >= 0.6 is 0 Å². The number of hydrogen-bond donors (Lipinski definition) is 0. The molecule has 1 heterocycles. The minimum absolute atomic E-state index is 0.239. The highest BCUT2D eigenvalue weighted by Gasteiger charge is 2.35. The Morgan fingerprint density at radius 3 is 2.07 bits per heavy atom. The average molecular weight is 367 g/mol. The first-order valence-corrected chi connectivity index (χ1v) is 8.65. The molecule has 0 radical (unpaired) electrons. The van der Waals surface area contributed by atoms with E-state index in [9.17, 15) is 18.0 Å². The molecule has 0 N–H and O–H groups in total. The molecule has 0 aliphatic carbocycles. The molecule has 0 fully saturated rings. The molecular formula is C22H16F3NO. The van der Waals surface area contributed by atoms with Gasteiger partial charge in [0.05, 0.1) is 6.04 Å². The third kappa shape index (κ3) is 2.99. The number of rotatable bonds is 2. The lowest BCUT2D eigenvalue weighted by molar-refractivity contribution is 0.0682. The van der Waals surface area contributed by atoms with Gasteiger partial charge in [-0.05, 0) is 35.7 Å². The summed E-state index contributed by atoms with van der Waals surface area (Å²) in [6, 6.07) is 16.2. The minimum Gasteiger partial charge on any atom is -0.327 e. The maximum atomic E-state index is 14.6. The molecule has 3 aromatic rings. The zero-order chi connectivity index (χ0) is 19.0. The van der Waals surface area contributed by atoms with E-state index >= 15 is 0 Å². The first kappa shape index (κ1) is 17.3. The molecule has 0 unspecified atom stereocenters. The van der Waals surface area contributed by atoms with Crippen LogP contribution in [0.25, 0.3) is 0 Å². The summed E-state index contributed by atoms with van der Waals surface area (Å²) in [5.74, 6) is -3.10. The SMILES string of the molecule is O=C(c1c(F)cccc1F)N1CCc2ccccc2[C@H]1c1ccccc1F. The van der Waals surface area contributed by atoms with Gasteiger partial charge in [-0.3, -0.25) is 4.79 Å². The highest BCUT2D eigenvalue weighted by molar-refractivity contribution is 5.95. The number of halogens is 3. The van der Waals surface area contributed by atoms with E-state index in [4.69, 9.17) is 0 Å². The molecule has 27 heavy (non-hydrogen) atoms. The monoisotopic (exact) mass is 367 g/mol. The normalized spacial score (nSPS) is 16.1. The fourth-order valence-electron chi connectivity index (χ4n) is 3.66. The molecule has 3 aromatic carbocycles. The van der Waals surface area contributed by atoms with E-state index in [1.807, 2.05) is 24.3 Å². The van der Waals surface area contributed by atoms with Crippen molar-refractivity contribution in [3.63, 3.8) is 0 Å². The molecule has 0 saturated carbocycles. The molecule has 0 saturated heterocycles. The second-order valence-corrected chi connectivity index (χ2v) is 6.47. The Kier molecular flexibility index (Phi) is 4.44. The van der Waals surface area contributed by atoms with E-state index in [-0.39, 0.29) is 6.54 Å². The summed E-state index contributed by atoms with van der Waals surface area (Å²) in [5, 5.41) is 0. The lowest BCUT2D eigenvalue weighted by Crippen LogP contribution is -2.41. The van der Waals surface area contributed by atoms with Gasteiger partial charge < -0.3 is 4.90 Å². The number of amides is 1. The molecule has 1 amide bonds. The van der Waals surface area contributed by atoms with Crippen molar-refractivity contribution >= 4 is 5.91 Å². The number of carbonyl (C=O) groups is 1. The standard InChI is InChI=1S/C22H16F3NO/c23-17-9-4-3-8-16(17)21-15-7-2-1-6-14(15)12-13-26(21)22(27)20-18(24)10-5-11-19(20)25/h1-11,21H,12-13H2/t21-/m0/s1. The van der Waals surface area contributed by atoms with Crippen molar-refractivity contribution in [1.82, 2.24) is 4.90 Å². The molecule has 1 aliphatic heterocycles. The predicted molar refractivity (Wildman–Crippen MR) is 95.8 cm³/mol. The topological polar surface area (TPSA) is 20.3 Å². The van der Waals surface area contributed by atoms with Crippen LogP contribution in [0.15, 0.2) is 66.7 Å². The van der Waals surface area contributed by atoms with E-state index in [2.05, 4.69) is 0 Å². The van der Waals surface area contributed by atoms with Gasteiger partial charge in [0.1, 0.15) is 23.0 Å². The molecule has 136 valence electrons. The summed E-state index contributed by atoms with van der Waals surface area (Å²) in [5.41, 5.74) is 1.44. The number of hydrogen-bond acceptors (Lipinski definition) is 1. The summed E-state index contributed by atoms with van der Waals surface area (Å²) in [7, 11) is 0. The van der Waals surface area contributed by atoms with E-state index in [1.54, 1.807) is 18.2 Å². The maximum Gasteiger partial charge on any atom is 0.260 e. The third-order valence-corrected chi connectivity index (χ3v) is 4.92. The molecule has 4 rings (SSSR count). The molecular weight excluding hydrogens is 351 g/mol. The van der Waals surface area contributed by atoms with E-state index in [0.717, 1.165) is 23.3 Å². The van der Waals surface area contributed by atoms with Crippen molar-refractivity contribution in [2.75, 3.05) is 6.54 Å². The molecule has 0 aromatic heterocycles. The highest BCUT2D eigenvalue weighted by Crippen LogP contribution is 2.37. The van der Waals surface area contributed by atoms with Crippen LogP contribution in [0.4, 0.5) is 13.2 Å². The van der Waals surface area contributed by atoms with Gasteiger partial charge in [0, 0.05) is 12.1 Å². The van der Waals surface area contributed by atoms with Crippen LogP contribution in [0.3, 0.4) is 0 Å². The van der Waals surface area contributed by atoms with Crippen LogP contribution in [0.1, 0.15) is 33.1 Å². The Labute approximate surface area is 154 Å². The van der Waals surface area contributed by atoms with E-state index in [0.29, 0.717) is 12.0 Å². The Bertz CT molecular complexity index is 998. The van der Waals surface area contributed by atoms with Gasteiger partial charge in [0.2, 0.25) is 0 Å². The summed E-state index contributed by atoms with van der Waals surface area (Å²) in [6.07, 6.45) is 0.531. The smallest absolute Gasteiger partial charge is 0.260 e. The van der Waals surface area contributed by atoms with Gasteiger partial charge in [-0.15, -0.1) is 0 Å². The van der Waals surface area contributed by atoms with Gasteiger partial charge in [0.25, 0.3) is 5.91 Å². The van der Waals surface area contributed by atoms with Crippen molar-refractivity contribution < 1.29 is 18.0 Å². The van der Waals surface area contributed by atoms with Crippen molar-refractivity contribution in [2.24, 2.45) is 0 Å². The minimum atomic E-state index is -0.925. The number of fused-ring (bicyclic) bond motifs is 1. The number of nitrogens with zero attached hydrogens (tertiary/aromatic N) is 1. The summed E-state index contributed by atoms with van der Waals surface area (Å²) in [6.45, 7) is 0.239. The Morgan fingerprint density at radius 2 is 1.37 bits per heavy atom. The van der Waals surface area contributed by atoms with E-state index < -0.39 is 35.0 Å². The average Bonchev–Trinajstić information content (AvgIpc) is 2.67. The first-order valence-electron chi connectivity index (χ1n) is 8.65. The zero-order valence-electron chi connectivity index (χ0n) is 14.3. The molecule has 2 nitrogen and oxygen atoms in total. The fraction of sp³-hybridized carbons (Fsp3) is 0.136. The predicted octanol–water partition coefficient (Wildman–Crippen LogP) is 4.89. The van der Waals surface area contributed by atoms with Crippen LogP contribution in [0, 0.1) is 17.5 Å². The van der Waals surface area contributed by atoms with Crippen LogP contribution in [-0.4, -0.2) is 17.4 Å². The van der Waals surface area contributed by atoms with Gasteiger partial charge in [-0.1, -0.05) is 48.5 Å². The van der Waals surface area contributed by atoms with Gasteiger partial charge in [-0.25, -0.2) is 13.2 Å². The zero-order valence-corrected chi connectivity index (χ0v) is 14.3. The van der Waals surface area contributed by atoms with Crippen molar-refractivity contribution in [2.45, 2.75) is 12.5 Å². The summed E-state index contributed by atoms with van der Waals surface area (Å²) >= 11 is 0. The highest BCUT2D eigenvalue weighted by atomic mass is 19.1. The first-order chi connectivity index (χ1) is 13.1. The quantitative estimate of drug-likeness (QED) is 0.631. The molecule has 0 bridgehead atoms. The third-order valence-electron chi connectivity index (χ3n) is 4.92. The number of carbonyl (C=O) groups excluding carboxylic acids is 1. The van der Waals surface area contributed by atoms with Crippen molar-refractivity contribution in [1.29, 1.82) is 0 Å².